The Morgan fingerprint density at radius 1 is 0.533 bits per heavy atom. The molecule has 3 aromatic rings. The van der Waals surface area contributed by atoms with Crippen LogP contribution in [0.15, 0.2) is 72.8 Å². The van der Waals surface area contributed by atoms with Crippen LogP contribution >= 0.6 is 0 Å². The Balaban J connectivity index is 1.68. The average Bonchev–Trinajstić information content (AvgIpc) is 2.80. The lowest BCUT2D eigenvalue weighted by Gasteiger charge is -2.05. The predicted octanol–water partition coefficient (Wildman–Crippen LogP) is 5.99. The van der Waals surface area contributed by atoms with Crippen LogP contribution in [-0.2, 0) is 9.47 Å². The van der Waals surface area contributed by atoms with Gasteiger partial charge in [-0.15, -0.1) is 0 Å². The second kappa shape index (κ2) is 11.6. The van der Waals surface area contributed by atoms with Crippen molar-refractivity contribution in [3.63, 3.8) is 0 Å². The second-order valence-corrected chi connectivity index (χ2v) is 6.54. The molecule has 154 valence electrons. The Morgan fingerprint density at radius 2 is 0.933 bits per heavy atom. The van der Waals surface area contributed by atoms with Gasteiger partial charge in [0.15, 0.2) is 13.6 Å². The standard InChI is InChI=1S/C26H26O4/c1-27-19-29-25-15-9-21(10-16-25)7-13-23-5-3-4-6-24(23)14-8-22-11-17-26(18-12-22)30-20-28-2/h3-18H,19-20H2,1-2H3/b13-7+,14-8+. The van der Waals surface area contributed by atoms with E-state index in [0.717, 1.165) is 33.8 Å². The zero-order valence-corrected chi connectivity index (χ0v) is 17.3. The second-order valence-electron chi connectivity index (χ2n) is 6.54. The Bertz CT molecular complexity index is 877. The van der Waals surface area contributed by atoms with Gasteiger partial charge in [0.1, 0.15) is 11.5 Å². The van der Waals surface area contributed by atoms with Crippen LogP contribution in [0.1, 0.15) is 22.3 Å². The van der Waals surface area contributed by atoms with E-state index >= 15 is 0 Å². The van der Waals surface area contributed by atoms with Crippen molar-refractivity contribution in [3.05, 3.63) is 95.1 Å². The highest BCUT2D eigenvalue weighted by Crippen LogP contribution is 2.19. The molecule has 3 aromatic carbocycles. The predicted molar refractivity (Wildman–Crippen MR) is 122 cm³/mol. The van der Waals surface area contributed by atoms with Gasteiger partial charge in [0.05, 0.1) is 0 Å². The van der Waals surface area contributed by atoms with Crippen molar-refractivity contribution < 1.29 is 18.9 Å². The molecule has 0 aliphatic rings. The lowest BCUT2D eigenvalue weighted by Crippen LogP contribution is -1.98. The van der Waals surface area contributed by atoms with Gasteiger partial charge >= 0.3 is 0 Å². The molecular weight excluding hydrogens is 376 g/mol. The maximum absolute atomic E-state index is 5.42. The largest absolute Gasteiger partial charge is 0.468 e. The maximum Gasteiger partial charge on any atom is 0.188 e. The summed E-state index contributed by atoms with van der Waals surface area (Å²) in [7, 11) is 3.21. The van der Waals surface area contributed by atoms with Gasteiger partial charge in [0.2, 0.25) is 0 Å². The fraction of sp³-hybridized carbons (Fsp3) is 0.154. The highest BCUT2D eigenvalue weighted by Gasteiger charge is 1.97. The SMILES string of the molecule is COCOc1ccc(/C=C/c2ccccc2/C=C/c2ccc(OCOC)cc2)cc1. The third-order valence-corrected chi connectivity index (χ3v) is 4.35. The summed E-state index contributed by atoms with van der Waals surface area (Å²) in [5, 5.41) is 0. The smallest absolute Gasteiger partial charge is 0.188 e. The normalized spacial score (nSPS) is 11.3. The van der Waals surface area contributed by atoms with Gasteiger partial charge in [-0.1, -0.05) is 72.8 Å². The van der Waals surface area contributed by atoms with Gasteiger partial charge in [0, 0.05) is 14.2 Å². The van der Waals surface area contributed by atoms with Crippen molar-refractivity contribution in [2.45, 2.75) is 0 Å². The summed E-state index contributed by atoms with van der Waals surface area (Å²) in [5.41, 5.74) is 4.50. The number of hydrogen-bond acceptors (Lipinski definition) is 4. The molecule has 4 nitrogen and oxygen atoms in total. The molecule has 0 saturated heterocycles. The monoisotopic (exact) mass is 402 g/mol. The molecule has 0 fully saturated rings. The van der Waals surface area contributed by atoms with E-state index in [0.29, 0.717) is 0 Å². The third kappa shape index (κ3) is 6.62. The summed E-state index contributed by atoms with van der Waals surface area (Å²) < 4.78 is 20.7. The van der Waals surface area contributed by atoms with Gasteiger partial charge in [0.25, 0.3) is 0 Å². The van der Waals surface area contributed by atoms with Crippen LogP contribution in [0.3, 0.4) is 0 Å². The molecule has 0 aromatic heterocycles. The van der Waals surface area contributed by atoms with Gasteiger partial charge < -0.3 is 18.9 Å². The molecule has 0 aliphatic carbocycles. The van der Waals surface area contributed by atoms with Gasteiger partial charge in [-0.05, 0) is 46.5 Å². The summed E-state index contributed by atoms with van der Waals surface area (Å²) in [6, 6.07) is 24.1. The van der Waals surface area contributed by atoms with Crippen molar-refractivity contribution in [3.8, 4) is 11.5 Å². The first kappa shape index (κ1) is 21.4. The molecule has 0 aliphatic heterocycles. The van der Waals surface area contributed by atoms with Crippen LogP contribution in [0.25, 0.3) is 24.3 Å². The van der Waals surface area contributed by atoms with Gasteiger partial charge in [-0.3, -0.25) is 0 Å². The number of rotatable bonds is 10. The average molecular weight is 402 g/mol. The molecule has 0 unspecified atom stereocenters. The van der Waals surface area contributed by atoms with Crippen LogP contribution in [0.4, 0.5) is 0 Å². The van der Waals surface area contributed by atoms with Crippen molar-refractivity contribution in [1.29, 1.82) is 0 Å². The lowest BCUT2D eigenvalue weighted by molar-refractivity contribution is 0.0509. The molecule has 0 radical (unpaired) electrons. The van der Waals surface area contributed by atoms with Crippen molar-refractivity contribution in [2.75, 3.05) is 27.8 Å². The molecule has 0 spiro atoms. The lowest BCUT2D eigenvalue weighted by atomic mass is 10.0. The summed E-state index contributed by atoms with van der Waals surface area (Å²) in [5.74, 6) is 1.58. The molecule has 0 N–H and O–H groups in total. The first-order chi connectivity index (χ1) is 14.8. The Kier molecular flexibility index (Phi) is 8.27. The first-order valence-corrected chi connectivity index (χ1v) is 9.67. The van der Waals surface area contributed by atoms with E-state index in [-0.39, 0.29) is 13.6 Å². The molecule has 0 atom stereocenters. The molecule has 0 heterocycles. The van der Waals surface area contributed by atoms with E-state index in [4.69, 9.17) is 18.9 Å². The number of benzene rings is 3. The van der Waals surface area contributed by atoms with E-state index in [1.807, 2.05) is 60.7 Å². The molecular formula is C26H26O4. The molecule has 0 amide bonds. The number of methoxy groups -OCH3 is 2. The van der Waals surface area contributed by atoms with Gasteiger partial charge in [-0.2, -0.15) is 0 Å². The van der Waals surface area contributed by atoms with Crippen LogP contribution < -0.4 is 9.47 Å². The van der Waals surface area contributed by atoms with E-state index in [9.17, 15) is 0 Å². The minimum atomic E-state index is 0.248. The fourth-order valence-corrected chi connectivity index (χ4v) is 2.79. The topological polar surface area (TPSA) is 36.9 Å². The van der Waals surface area contributed by atoms with E-state index < -0.39 is 0 Å². The first-order valence-electron chi connectivity index (χ1n) is 9.67. The van der Waals surface area contributed by atoms with Crippen LogP contribution in [-0.4, -0.2) is 27.8 Å². The summed E-state index contributed by atoms with van der Waals surface area (Å²) in [6.45, 7) is 0.496. The summed E-state index contributed by atoms with van der Waals surface area (Å²) in [4.78, 5) is 0. The van der Waals surface area contributed by atoms with Gasteiger partial charge in [-0.25, -0.2) is 0 Å². The highest BCUT2D eigenvalue weighted by molar-refractivity contribution is 5.79. The van der Waals surface area contributed by atoms with Crippen molar-refractivity contribution in [1.82, 2.24) is 0 Å². The van der Waals surface area contributed by atoms with E-state index in [1.54, 1.807) is 14.2 Å². The number of hydrogen-bond donors (Lipinski definition) is 0. The third-order valence-electron chi connectivity index (χ3n) is 4.35. The molecule has 30 heavy (non-hydrogen) atoms. The summed E-state index contributed by atoms with van der Waals surface area (Å²) in [6.07, 6.45) is 8.42. The molecule has 0 saturated carbocycles. The van der Waals surface area contributed by atoms with Crippen molar-refractivity contribution >= 4 is 24.3 Å². The minimum Gasteiger partial charge on any atom is -0.468 e. The van der Waals surface area contributed by atoms with Crippen LogP contribution in [0.5, 0.6) is 11.5 Å². The Labute approximate surface area is 178 Å². The number of ether oxygens (including phenoxy) is 4. The minimum absolute atomic E-state index is 0.248. The van der Waals surface area contributed by atoms with E-state index in [1.165, 1.54) is 0 Å². The van der Waals surface area contributed by atoms with Crippen molar-refractivity contribution in [2.24, 2.45) is 0 Å². The molecule has 0 bridgehead atoms. The van der Waals surface area contributed by atoms with E-state index in [2.05, 4.69) is 36.4 Å². The van der Waals surface area contributed by atoms with Crippen LogP contribution in [0, 0.1) is 0 Å². The Morgan fingerprint density at radius 3 is 1.30 bits per heavy atom. The zero-order chi connectivity index (χ0) is 21.0. The quantitative estimate of drug-likeness (QED) is 0.308. The molecule has 3 rings (SSSR count). The van der Waals surface area contributed by atoms with Crippen LogP contribution in [0.2, 0.25) is 0 Å². The Hall–Kier alpha value is -3.34. The maximum atomic E-state index is 5.42. The highest BCUT2D eigenvalue weighted by atomic mass is 16.7. The fourth-order valence-electron chi connectivity index (χ4n) is 2.79. The zero-order valence-electron chi connectivity index (χ0n) is 17.3. The molecule has 4 heteroatoms. The summed E-state index contributed by atoms with van der Waals surface area (Å²) >= 11 is 0.